The minimum atomic E-state index is 0.525. The van der Waals surface area contributed by atoms with Crippen LogP contribution in [0.3, 0.4) is 0 Å². The van der Waals surface area contributed by atoms with Crippen molar-refractivity contribution < 1.29 is 0 Å². The monoisotopic (exact) mass is 880 g/mol. The lowest BCUT2D eigenvalue weighted by Crippen LogP contribution is -2.28. The Kier molecular flexibility index (Phi) is 10.7. The predicted molar refractivity (Wildman–Crippen MR) is 286 cm³/mol. The molecule has 6 atom stereocenters. The maximum absolute atomic E-state index is 2.53. The Hall–Kier alpha value is -6.90. The molecule has 2 fully saturated rings. The fraction of sp³-hybridized carbons (Fsp3) is 0.242. The van der Waals surface area contributed by atoms with E-state index in [1.807, 2.05) is 0 Å². The van der Waals surface area contributed by atoms with E-state index in [4.69, 9.17) is 0 Å². The number of anilines is 6. The number of fused-ring (bicyclic) bond motifs is 8. The molecule has 9 aromatic rings. The van der Waals surface area contributed by atoms with Gasteiger partial charge in [0, 0.05) is 34.1 Å². The highest BCUT2D eigenvalue weighted by molar-refractivity contribution is 6.06. The lowest BCUT2D eigenvalue weighted by molar-refractivity contribution is 0.253. The van der Waals surface area contributed by atoms with Crippen LogP contribution < -0.4 is 9.80 Å². The van der Waals surface area contributed by atoms with Crippen LogP contribution in [0, 0.1) is 11.8 Å². The molecule has 0 N–H and O–H groups in total. The molecular formula is C66H60N2. The molecule has 2 heteroatoms. The number of hydrogen-bond donors (Lipinski definition) is 0. The second kappa shape index (κ2) is 17.6. The molecule has 2 saturated carbocycles. The fourth-order valence-corrected chi connectivity index (χ4v) is 14.0. The second-order valence-corrected chi connectivity index (χ2v) is 20.5. The SMILES string of the molecule is c1ccc(N(c2ccccc2)c2ccc3c(c2)CCC2CCC(c4c5ccccc5c(C5CCC6CCc7cc(N(c8ccccc8)c8ccccc8)ccc7C6C5)c5ccccc45)CC32)cc1. The largest absolute Gasteiger partial charge is 0.310 e. The van der Waals surface area contributed by atoms with Crippen LogP contribution >= 0.6 is 0 Å². The summed E-state index contributed by atoms with van der Waals surface area (Å²) in [4.78, 5) is 4.86. The maximum Gasteiger partial charge on any atom is 0.0464 e. The molecule has 0 aliphatic heterocycles. The molecule has 13 rings (SSSR count). The molecule has 2 nitrogen and oxygen atoms in total. The Morgan fingerprint density at radius 2 is 0.618 bits per heavy atom. The zero-order valence-electron chi connectivity index (χ0n) is 39.1. The molecule has 0 bridgehead atoms. The van der Waals surface area contributed by atoms with E-state index < -0.39 is 0 Å². The van der Waals surface area contributed by atoms with Crippen LogP contribution in [0.1, 0.15) is 108 Å². The van der Waals surface area contributed by atoms with Gasteiger partial charge in [-0.3, -0.25) is 0 Å². The van der Waals surface area contributed by atoms with Gasteiger partial charge >= 0.3 is 0 Å². The van der Waals surface area contributed by atoms with Gasteiger partial charge in [0.25, 0.3) is 0 Å². The average Bonchev–Trinajstić information content (AvgIpc) is 3.41. The topological polar surface area (TPSA) is 6.48 Å². The Morgan fingerprint density at radius 1 is 0.294 bits per heavy atom. The summed E-state index contributed by atoms with van der Waals surface area (Å²) >= 11 is 0. The Morgan fingerprint density at radius 3 is 0.956 bits per heavy atom. The van der Waals surface area contributed by atoms with Gasteiger partial charge < -0.3 is 9.80 Å². The number of nitrogens with zero attached hydrogens (tertiary/aromatic N) is 2. The van der Waals surface area contributed by atoms with Gasteiger partial charge in [0.05, 0.1) is 0 Å². The molecular weight excluding hydrogens is 821 g/mol. The lowest BCUT2D eigenvalue weighted by atomic mass is 9.62. The van der Waals surface area contributed by atoms with Crippen LogP contribution in [-0.4, -0.2) is 0 Å². The van der Waals surface area contributed by atoms with Crippen molar-refractivity contribution in [3.63, 3.8) is 0 Å². The molecule has 9 aromatic carbocycles. The number of rotatable bonds is 8. The van der Waals surface area contributed by atoms with Gasteiger partial charge in [-0.15, -0.1) is 0 Å². The first-order valence-electron chi connectivity index (χ1n) is 25.7. The summed E-state index contributed by atoms with van der Waals surface area (Å²) < 4.78 is 0. The Bertz CT molecular complexity index is 2880. The standard InChI is InChI=1S/C66H60N2/c1-5-17-51(18-6-1)67(52-19-7-2-8-20-52)55-37-39-57-47(41-55)33-29-45-31-35-49(43-63(45)57)65-59-25-13-15-27-61(59)66(62-28-16-14-26-60(62)65)50-36-32-46-30-34-48-42-56(38-40-58(48)64(46)44-50)68(53-21-9-3-10-22-53)54-23-11-4-12-24-54/h1-28,37-42,45-46,49-50,63-64H,29-36,43-44H2. The molecule has 0 spiro atoms. The second-order valence-electron chi connectivity index (χ2n) is 20.5. The summed E-state index contributed by atoms with van der Waals surface area (Å²) in [5, 5.41) is 6.04. The first-order valence-corrected chi connectivity index (χ1v) is 25.7. The van der Waals surface area contributed by atoms with E-state index in [1.54, 1.807) is 33.4 Å². The first kappa shape index (κ1) is 41.3. The van der Waals surface area contributed by atoms with Crippen molar-refractivity contribution in [1.82, 2.24) is 0 Å². The Balaban J connectivity index is 0.833. The van der Waals surface area contributed by atoms with Gasteiger partial charge in [-0.25, -0.2) is 0 Å². The van der Waals surface area contributed by atoms with Crippen LogP contribution in [0.25, 0.3) is 21.5 Å². The van der Waals surface area contributed by atoms with Crippen LogP contribution in [0.2, 0.25) is 0 Å². The average molecular weight is 881 g/mol. The van der Waals surface area contributed by atoms with Gasteiger partial charge in [-0.2, -0.15) is 0 Å². The van der Waals surface area contributed by atoms with E-state index in [9.17, 15) is 0 Å². The first-order chi connectivity index (χ1) is 33.7. The smallest absolute Gasteiger partial charge is 0.0464 e. The van der Waals surface area contributed by atoms with Gasteiger partial charge in [0.15, 0.2) is 0 Å². The molecule has 0 radical (unpaired) electrons. The quantitative estimate of drug-likeness (QED) is 0.140. The van der Waals surface area contributed by atoms with E-state index in [0.717, 1.165) is 11.8 Å². The van der Waals surface area contributed by atoms with Gasteiger partial charge in [0.1, 0.15) is 0 Å². The highest BCUT2D eigenvalue weighted by atomic mass is 15.1. The number of hydrogen-bond acceptors (Lipinski definition) is 2. The van der Waals surface area contributed by atoms with Crippen molar-refractivity contribution in [2.24, 2.45) is 11.8 Å². The molecule has 6 unspecified atom stereocenters. The molecule has 0 aromatic heterocycles. The van der Waals surface area contributed by atoms with Crippen LogP contribution in [-0.2, 0) is 12.8 Å². The van der Waals surface area contributed by atoms with Crippen molar-refractivity contribution in [2.45, 2.75) is 87.9 Å². The molecule has 4 aliphatic rings. The van der Waals surface area contributed by atoms with Crippen molar-refractivity contribution in [1.29, 1.82) is 0 Å². The third-order valence-corrected chi connectivity index (χ3v) is 17.0. The molecule has 0 amide bonds. The van der Waals surface area contributed by atoms with Crippen molar-refractivity contribution in [3.8, 4) is 0 Å². The third kappa shape index (κ3) is 7.32. The fourth-order valence-electron chi connectivity index (χ4n) is 14.0. The van der Waals surface area contributed by atoms with E-state index in [0.29, 0.717) is 23.7 Å². The number of benzene rings is 9. The van der Waals surface area contributed by atoms with Gasteiger partial charge in [-0.1, -0.05) is 133 Å². The zero-order chi connectivity index (χ0) is 45.0. The zero-order valence-corrected chi connectivity index (χ0v) is 39.1. The van der Waals surface area contributed by atoms with Crippen LogP contribution in [0.4, 0.5) is 34.1 Å². The van der Waals surface area contributed by atoms with Crippen LogP contribution in [0.15, 0.2) is 206 Å². The molecule has 68 heavy (non-hydrogen) atoms. The van der Waals surface area contributed by atoms with Crippen molar-refractivity contribution in [3.05, 3.63) is 240 Å². The van der Waals surface area contributed by atoms with E-state index >= 15 is 0 Å². The normalized spacial score (nSPS) is 21.8. The summed E-state index contributed by atoms with van der Waals surface area (Å²) in [6.45, 7) is 0. The summed E-state index contributed by atoms with van der Waals surface area (Å²) in [6.07, 6.45) is 12.5. The van der Waals surface area contributed by atoms with Crippen molar-refractivity contribution >= 4 is 55.7 Å². The van der Waals surface area contributed by atoms with E-state index in [1.165, 1.54) is 120 Å². The third-order valence-electron chi connectivity index (χ3n) is 17.0. The minimum absolute atomic E-state index is 0.525. The van der Waals surface area contributed by atoms with Gasteiger partial charge in [-0.05, 0) is 227 Å². The maximum atomic E-state index is 2.53. The molecule has 0 heterocycles. The summed E-state index contributed by atoms with van der Waals surface area (Å²) in [5.41, 5.74) is 16.9. The summed E-state index contributed by atoms with van der Waals surface area (Å²) in [5.74, 6) is 3.73. The molecule has 0 saturated heterocycles. The number of aryl methyl sites for hydroxylation is 2. The number of para-hydroxylation sites is 4. The summed E-state index contributed by atoms with van der Waals surface area (Å²) in [6, 6.07) is 77.7. The Labute approximate surface area is 402 Å². The minimum Gasteiger partial charge on any atom is -0.310 e. The lowest BCUT2D eigenvalue weighted by Gasteiger charge is -2.43. The van der Waals surface area contributed by atoms with E-state index in [2.05, 4.69) is 216 Å². The highest BCUT2D eigenvalue weighted by Crippen LogP contribution is 2.56. The van der Waals surface area contributed by atoms with Gasteiger partial charge in [0.2, 0.25) is 0 Å². The highest BCUT2D eigenvalue weighted by Gasteiger charge is 2.40. The molecule has 334 valence electrons. The van der Waals surface area contributed by atoms with E-state index in [-0.39, 0.29) is 0 Å². The summed E-state index contributed by atoms with van der Waals surface area (Å²) in [7, 11) is 0. The molecule has 4 aliphatic carbocycles. The predicted octanol–water partition coefficient (Wildman–Crippen LogP) is 18.2. The van der Waals surface area contributed by atoms with Crippen LogP contribution in [0.5, 0.6) is 0 Å². The van der Waals surface area contributed by atoms with Crippen molar-refractivity contribution in [2.75, 3.05) is 9.80 Å².